The molecule has 1 atom stereocenters. The first-order valence-corrected chi connectivity index (χ1v) is 20.4. The smallest absolute Gasteiger partial charge is 0.143 e. The molecule has 1 unspecified atom stereocenters. The van der Waals surface area contributed by atoms with E-state index in [4.69, 9.17) is 10.2 Å². The maximum Gasteiger partial charge on any atom is 0.143 e. The first-order valence-electron chi connectivity index (χ1n) is 20.4. The van der Waals surface area contributed by atoms with Crippen molar-refractivity contribution in [1.29, 1.82) is 0 Å². The number of anilines is 1. The van der Waals surface area contributed by atoms with Gasteiger partial charge in [0, 0.05) is 27.4 Å². The summed E-state index contributed by atoms with van der Waals surface area (Å²) < 4.78 is 6.29. The van der Waals surface area contributed by atoms with Crippen LogP contribution >= 0.6 is 0 Å². The van der Waals surface area contributed by atoms with Gasteiger partial charge in [0.05, 0.1) is 5.41 Å². The topological polar surface area (TPSA) is 39.2 Å². The molecule has 0 saturated carbocycles. The number of furan rings is 1. The maximum atomic E-state index is 6.29. The summed E-state index contributed by atoms with van der Waals surface area (Å²) >= 11 is 0. The van der Waals surface area contributed by atoms with Crippen LogP contribution in [0.2, 0.25) is 0 Å². The summed E-state index contributed by atoms with van der Waals surface area (Å²) in [6, 6.07) is 60.0. The van der Waals surface area contributed by atoms with E-state index in [0.717, 1.165) is 45.2 Å². The zero-order valence-electron chi connectivity index (χ0n) is 33.6. The van der Waals surface area contributed by atoms with Gasteiger partial charge in [0.25, 0.3) is 0 Å². The third kappa shape index (κ3) is 6.67. The molecular formula is C57H47NO. The van der Waals surface area contributed by atoms with Gasteiger partial charge in [0.15, 0.2) is 0 Å². The largest absolute Gasteiger partial charge is 0.455 e. The minimum Gasteiger partial charge on any atom is -0.455 e. The number of hydrogen-bond donors (Lipinski definition) is 1. The van der Waals surface area contributed by atoms with E-state index in [2.05, 4.69) is 190 Å². The molecule has 0 amide bonds. The highest BCUT2D eigenvalue weighted by molar-refractivity contribution is 6.08. The van der Waals surface area contributed by atoms with Crippen LogP contribution in [0.4, 0.5) is 5.69 Å². The highest BCUT2D eigenvalue weighted by Gasteiger charge is 2.55. The number of allylic oxidation sites excluding steroid dienone is 9. The van der Waals surface area contributed by atoms with Crippen LogP contribution in [0.5, 0.6) is 0 Å². The predicted octanol–water partition coefficient (Wildman–Crippen LogP) is 14.9. The average molecular weight is 762 g/mol. The van der Waals surface area contributed by atoms with E-state index in [9.17, 15) is 0 Å². The van der Waals surface area contributed by atoms with E-state index in [-0.39, 0.29) is 10.8 Å². The molecule has 1 heterocycles. The summed E-state index contributed by atoms with van der Waals surface area (Å²) in [5.74, 6) is 0. The number of hydrogen-bond acceptors (Lipinski definition) is 2. The first-order chi connectivity index (χ1) is 28.9. The Kier molecular flexibility index (Phi) is 9.92. The number of benzene rings is 7. The van der Waals surface area contributed by atoms with Crippen molar-refractivity contribution >= 4 is 33.2 Å². The van der Waals surface area contributed by atoms with Gasteiger partial charge in [0.1, 0.15) is 11.2 Å². The van der Waals surface area contributed by atoms with Gasteiger partial charge < -0.3 is 10.2 Å². The van der Waals surface area contributed by atoms with Gasteiger partial charge >= 0.3 is 0 Å². The Labute approximate surface area is 347 Å². The van der Waals surface area contributed by atoms with E-state index in [1.54, 1.807) is 0 Å². The molecule has 2 N–H and O–H groups in total. The van der Waals surface area contributed by atoms with Gasteiger partial charge in [-0.25, -0.2) is 0 Å². The monoisotopic (exact) mass is 761 g/mol. The summed E-state index contributed by atoms with van der Waals surface area (Å²) in [6.07, 6.45) is 16.4. The van der Waals surface area contributed by atoms with Crippen molar-refractivity contribution in [3.05, 3.63) is 252 Å². The molecule has 0 fully saturated rings. The molecule has 2 aliphatic carbocycles. The van der Waals surface area contributed by atoms with Crippen molar-refractivity contribution in [3.63, 3.8) is 0 Å². The van der Waals surface area contributed by atoms with Gasteiger partial charge in [-0.3, -0.25) is 0 Å². The molecule has 0 bridgehead atoms. The lowest BCUT2D eigenvalue weighted by molar-refractivity contribution is 0.292. The molecule has 0 spiro atoms. The van der Waals surface area contributed by atoms with Gasteiger partial charge in [-0.1, -0.05) is 213 Å². The second-order valence-electron chi connectivity index (χ2n) is 15.8. The molecule has 0 saturated heterocycles. The normalized spacial score (nSPS) is 16.6. The Morgan fingerprint density at radius 3 is 2.03 bits per heavy atom. The maximum absolute atomic E-state index is 6.29. The van der Waals surface area contributed by atoms with Crippen molar-refractivity contribution in [2.24, 2.45) is 5.41 Å². The summed E-state index contributed by atoms with van der Waals surface area (Å²) in [6.45, 7) is 8.65. The Morgan fingerprint density at radius 2 is 1.34 bits per heavy atom. The van der Waals surface area contributed by atoms with Gasteiger partial charge in [-0.05, 0) is 81.6 Å². The van der Waals surface area contributed by atoms with E-state index in [0.29, 0.717) is 0 Å². The van der Waals surface area contributed by atoms with E-state index < -0.39 is 0 Å². The summed E-state index contributed by atoms with van der Waals surface area (Å²) in [5.41, 5.74) is 21.6. The van der Waals surface area contributed by atoms with Crippen LogP contribution < -0.4 is 5.73 Å². The molecule has 59 heavy (non-hydrogen) atoms. The van der Waals surface area contributed by atoms with Crippen LogP contribution in [0.25, 0.3) is 49.8 Å². The van der Waals surface area contributed by atoms with Crippen molar-refractivity contribution in [2.75, 3.05) is 5.73 Å². The lowest BCUT2D eigenvalue weighted by Crippen LogP contribution is -2.44. The number of aryl methyl sites for hydroxylation is 1. The SMILES string of the molecule is C=C/C(=C\C=C/C1=CCC(C)(C2(c3ccccc3)c3ccccc3-c3ccccc32)C=C1)c1cccc2c1oc1ccccc12.Cc1cccc(-c2ccc(N)cc2)c1. The summed E-state index contributed by atoms with van der Waals surface area (Å²) in [4.78, 5) is 0. The minimum atomic E-state index is -0.301. The summed E-state index contributed by atoms with van der Waals surface area (Å²) in [5, 5.41) is 2.26. The molecule has 7 aromatic carbocycles. The van der Waals surface area contributed by atoms with Crippen LogP contribution in [0.3, 0.4) is 0 Å². The Morgan fingerprint density at radius 1 is 0.678 bits per heavy atom. The molecule has 8 aromatic rings. The molecule has 286 valence electrons. The predicted molar refractivity (Wildman–Crippen MR) is 250 cm³/mol. The number of rotatable bonds is 7. The number of nitrogen functional groups attached to an aromatic ring is 1. The van der Waals surface area contributed by atoms with E-state index in [1.807, 2.05) is 42.5 Å². The highest BCUT2D eigenvalue weighted by Crippen LogP contribution is 2.63. The molecule has 0 radical (unpaired) electrons. The van der Waals surface area contributed by atoms with Crippen molar-refractivity contribution in [2.45, 2.75) is 25.7 Å². The Bertz CT molecular complexity index is 2910. The van der Waals surface area contributed by atoms with Gasteiger partial charge in [-0.2, -0.15) is 0 Å². The van der Waals surface area contributed by atoms with Gasteiger partial charge in [0.2, 0.25) is 0 Å². The van der Waals surface area contributed by atoms with E-state index >= 15 is 0 Å². The van der Waals surface area contributed by atoms with Crippen molar-refractivity contribution < 1.29 is 4.42 Å². The first kappa shape index (κ1) is 37.4. The Hall–Kier alpha value is -7.16. The molecular weight excluding hydrogens is 715 g/mol. The molecule has 0 aliphatic heterocycles. The molecule has 10 rings (SSSR count). The highest BCUT2D eigenvalue weighted by atomic mass is 16.3. The lowest BCUT2D eigenvalue weighted by atomic mass is 9.54. The number of para-hydroxylation sites is 2. The third-order valence-electron chi connectivity index (χ3n) is 12.2. The molecule has 1 aromatic heterocycles. The summed E-state index contributed by atoms with van der Waals surface area (Å²) in [7, 11) is 0. The number of fused-ring (bicyclic) bond motifs is 6. The average Bonchev–Trinajstić information content (AvgIpc) is 3.82. The van der Waals surface area contributed by atoms with Crippen LogP contribution in [-0.4, -0.2) is 0 Å². The fraction of sp³-hybridized carbons (Fsp3) is 0.0877. The third-order valence-corrected chi connectivity index (χ3v) is 12.2. The van der Waals surface area contributed by atoms with Crippen LogP contribution in [0.1, 0.15) is 41.2 Å². The second kappa shape index (κ2) is 15.6. The van der Waals surface area contributed by atoms with Gasteiger partial charge in [-0.15, -0.1) is 0 Å². The second-order valence-corrected chi connectivity index (χ2v) is 15.8. The molecule has 2 heteroatoms. The minimum absolute atomic E-state index is 0.173. The van der Waals surface area contributed by atoms with Crippen molar-refractivity contribution in [3.8, 4) is 22.3 Å². The standard InChI is InChI=1S/C44H34O.C13H13N/c1-3-32(34-22-14-23-38-37-21-9-12-26-41(37)45-42(34)38)16-13-15-31-27-29-43(2,30-28-31)44(33-17-5-4-6-18-33)39-24-10-7-19-35(39)36-20-8-11-25-40(36)44;1-10-3-2-4-12(9-10)11-5-7-13(14)8-6-11/h3-29H,1,30H2,2H3;2-9H,14H2,1H3/b15-13-,32-16+;. The number of nitrogens with two attached hydrogens (primary N) is 1. The zero-order chi connectivity index (χ0) is 40.4. The van der Waals surface area contributed by atoms with Crippen molar-refractivity contribution in [1.82, 2.24) is 0 Å². The van der Waals surface area contributed by atoms with E-state index in [1.165, 1.54) is 50.1 Å². The Balaban J connectivity index is 0.000000271. The van der Waals surface area contributed by atoms with Crippen LogP contribution in [0.15, 0.2) is 229 Å². The lowest BCUT2D eigenvalue weighted by Gasteiger charge is -2.48. The van der Waals surface area contributed by atoms with Crippen LogP contribution in [0, 0.1) is 12.3 Å². The molecule has 2 nitrogen and oxygen atoms in total. The fourth-order valence-corrected chi connectivity index (χ4v) is 9.33. The quantitative estimate of drug-likeness (QED) is 0.130. The van der Waals surface area contributed by atoms with Crippen LogP contribution in [-0.2, 0) is 5.41 Å². The zero-order valence-corrected chi connectivity index (χ0v) is 33.6. The fourth-order valence-electron chi connectivity index (χ4n) is 9.33. The molecule has 2 aliphatic rings.